The molecular weight excluding hydrogens is 284 g/mol. The van der Waals surface area contributed by atoms with Crippen LogP contribution in [0.2, 0.25) is 0 Å². The van der Waals surface area contributed by atoms with E-state index in [1.807, 2.05) is 0 Å². The number of nitrogens with zero attached hydrogens (tertiary/aromatic N) is 2. The summed E-state index contributed by atoms with van der Waals surface area (Å²) in [6.07, 6.45) is 5.35. The van der Waals surface area contributed by atoms with Gasteiger partial charge in [0.2, 0.25) is 11.8 Å². The van der Waals surface area contributed by atoms with Crippen LogP contribution in [0.4, 0.5) is 5.95 Å². The maximum Gasteiger partial charge on any atom is 0.232 e. The fraction of sp³-hybridized carbons (Fsp3) is 0.636. The van der Waals surface area contributed by atoms with Crippen molar-refractivity contribution in [3.8, 4) is 5.88 Å². The van der Waals surface area contributed by atoms with Gasteiger partial charge in [0.1, 0.15) is 0 Å². The molecule has 0 aliphatic carbocycles. The average Bonchev–Trinajstić information content (AvgIpc) is 2.84. The molecule has 1 atom stereocenters. The van der Waals surface area contributed by atoms with Crippen molar-refractivity contribution in [3.05, 3.63) is 10.7 Å². The van der Waals surface area contributed by atoms with Crippen LogP contribution in [0.25, 0.3) is 0 Å². The van der Waals surface area contributed by atoms with Crippen LogP contribution in [0.5, 0.6) is 5.88 Å². The van der Waals surface area contributed by atoms with E-state index in [0.717, 1.165) is 24.0 Å². The van der Waals surface area contributed by atoms with Crippen LogP contribution in [-0.4, -0.2) is 36.2 Å². The highest BCUT2D eigenvalue weighted by Crippen LogP contribution is 2.21. The molecule has 5 nitrogen and oxygen atoms in total. The molecule has 1 fully saturated rings. The third kappa shape index (κ3) is 3.54. The molecule has 1 aliphatic rings. The molecule has 0 unspecified atom stereocenters. The first-order valence-electron chi connectivity index (χ1n) is 5.83. The number of methoxy groups -OCH3 is 1. The number of hydrogen-bond donors (Lipinski definition) is 2. The van der Waals surface area contributed by atoms with E-state index >= 15 is 0 Å². The van der Waals surface area contributed by atoms with Crippen LogP contribution in [0.15, 0.2) is 10.7 Å². The lowest BCUT2D eigenvalue weighted by molar-refractivity contribution is 0.394. The van der Waals surface area contributed by atoms with Crippen molar-refractivity contribution in [2.24, 2.45) is 0 Å². The van der Waals surface area contributed by atoms with Crippen molar-refractivity contribution in [3.63, 3.8) is 0 Å². The zero-order valence-electron chi connectivity index (χ0n) is 9.87. The highest BCUT2D eigenvalue weighted by atomic mass is 79.9. The fourth-order valence-electron chi connectivity index (χ4n) is 1.94. The Bertz CT molecular complexity index is 368. The topological polar surface area (TPSA) is 59.1 Å². The minimum absolute atomic E-state index is 0.557. The summed E-state index contributed by atoms with van der Waals surface area (Å²) < 4.78 is 5.88. The van der Waals surface area contributed by atoms with Gasteiger partial charge in [-0.1, -0.05) is 0 Å². The van der Waals surface area contributed by atoms with Gasteiger partial charge in [-0.25, -0.2) is 4.98 Å². The van der Waals surface area contributed by atoms with E-state index in [-0.39, 0.29) is 0 Å². The number of halogens is 1. The first kappa shape index (κ1) is 12.6. The Kier molecular flexibility index (Phi) is 4.56. The Morgan fingerprint density at radius 1 is 1.65 bits per heavy atom. The third-order valence-electron chi connectivity index (χ3n) is 2.84. The summed E-state index contributed by atoms with van der Waals surface area (Å²) in [6.45, 7) is 2.02. The van der Waals surface area contributed by atoms with Crippen molar-refractivity contribution >= 4 is 21.9 Å². The van der Waals surface area contributed by atoms with E-state index in [1.54, 1.807) is 13.3 Å². The van der Waals surface area contributed by atoms with E-state index in [0.29, 0.717) is 17.9 Å². The molecule has 94 valence electrons. The normalized spacial score (nSPS) is 19.3. The zero-order valence-corrected chi connectivity index (χ0v) is 11.5. The van der Waals surface area contributed by atoms with Crippen LogP contribution in [0.1, 0.15) is 19.3 Å². The van der Waals surface area contributed by atoms with E-state index < -0.39 is 0 Å². The number of anilines is 1. The zero-order chi connectivity index (χ0) is 12.1. The Balaban J connectivity index is 1.81. The highest BCUT2D eigenvalue weighted by molar-refractivity contribution is 9.10. The SMILES string of the molecule is COc1nc(NCC[C@H]2CCCN2)ncc1Br. The molecule has 0 aromatic carbocycles. The first-order valence-corrected chi connectivity index (χ1v) is 6.62. The molecule has 0 bridgehead atoms. The molecule has 1 saturated heterocycles. The van der Waals surface area contributed by atoms with Crippen molar-refractivity contribution in [1.82, 2.24) is 15.3 Å². The fourth-order valence-corrected chi connectivity index (χ4v) is 2.29. The van der Waals surface area contributed by atoms with Gasteiger partial charge in [0.25, 0.3) is 0 Å². The highest BCUT2D eigenvalue weighted by Gasteiger charge is 2.13. The molecule has 1 aliphatic heterocycles. The van der Waals surface area contributed by atoms with Gasteiger partial charge in [0.15, 0.2) is 0 Å². The number of ether oxygens (including phenoxy) is 1. The van der Waals surface area contributed by atoms with Gasteiger partial charge in [0, 0.05) is 12.6 Å². The molecular formula is C11H17BrN4O. The number of rotatable bonds is 5. The Morgan fingerprint density at radius 3 is 3.24 bits per heavy atom. The molecule has 2 heterocycles. The number of nitrogens with one attached hydrogen (secondary N) is 2. The van der Waals surface area contributed by atoms with Crippen molar-refractivity contribution < 1.29 is 4.74 Å². The summed E-state index contributed by atoms with van der Waals surface area (Å²) in [5, 5.41) is 6.67. The average molecular weight is 301 g/mol. The molecule has 0 radical (unpaired) electrons. The lowest BCUT2D eigenvalue weighted by Gasteiger charge is -2.11. The first-order chi connectivity index (χ1) is 8.29. The molecule has 0 amide bonds. The van der Waals surface area contributed by atoms with Crippen molar-refractivity contribution in [1.29, 1.82) is 0 Å². The standard InChI is InChI=1S/C11H17BrN4O/c1-17-10-9(12)7-15-11(16-10)14-6-4-8-3-2-5-13-8/h7-8,13H,2-6H2,1H3,(H,14,15,16)/t8-/m1/s1. The maximum absolute atomic E-state index is 5.12. The molecule has 1 aromatic rings. The van der Waals surface area contributed by atoms with Crippen LogP contribution in [0, 0.1) is 0 Å². The quantitative estimate of drug-likeness (QED) is 0.868. The monoisotopic (exact) mass is 300 g/mol. The predicted molar refractivity (Wildman–Crippen MR) is 70.4 cm³/mol. The lowest BCUT2D eigenvalue weighted by atomic mass is 10.1. The van der Waals surface area contributed by atoms with E-state index in [4.69, 9.17) is 4.74 Å². The van der Waals surface area contributed by atoms with Crippen molar-refractivity contribution in [2.75, 3.05) is 25.5 Å². The molecule has 0 spiro atoms. The summed E-state index contributed by atoms with van der Waals surface area (Å²) in [6, 6.07) is 0.639. The van der Waals surface area contributed by atoms with Crippen LogP contribution in [-0.2, 0) is 0 Å². The Hall–Kier alpha value is -0.880. The Labute approximate surface area is 110 Å². The maximum atomic E-state index is 5.12. The van der Waals surface area contributed by atoms with Gasteiger partial charge in [0.05, 0.1) is 17.8 Å². The number of aromatic nitrogens is 2. The minimum atomic E-state index is 0.557. The van der Waals surface area contributed by atoms with Crippen molar-refractivity contribution in [2.45, 2.75) is 25.3 Å². The summed E-state index contributed by atoms with van der Waals surface area (Å²) in [4.78, 5) is 8.42. The van der Waals surface area contributed by atoms with Gasteiger partial charge in [-0.3, -0.25) is 0 Å². The van der Waals surface area contributed by atoms with Gasteiger partial charge >= 0.3 is 0 Å². The molecule has 1 aromatic heterocycles. The predicted octanol–water partition coefficient (Wildman–Crippen LogP) is 1.80. The second-order valence-electron chi connectivity index (χ2n) is 4.06. The van der Waals surface area contributed by atoms with Gasteiger partial charge < -0.3 is 15.4 Å². The largest absolute Gasteiger partial charge is 0.480 e. The second-order valence-corrected chi connectivity index (χ2v) is 4.91. The van der Waals surface area contributed by atoms with Crippen LogP contribution in [0.3, 0.4) is 0 Å². The summed E-state index contributed by atoms with van der Waals surface area (Å²) >= 11 is 3.32. The van der Waals surface area contributed by atoms with Gasteiger partial charge in [-0.2, -0.15) is 4.98 Å². The summed E-state index contributed by atoms with van der Waals surface area (Å²) in [5.41, 5.74) is 0. The Morgan fingerprint density at radius 2 is 2.53 bits per heavy atom. The molecule has 2 N–H and O–H groups in total. The molecule has 17 heavy (non-hydrogen) atoms. The molecule has 6 heteroatoms. The van der Waals surface area contributed by atoms with Gasteiger partial charge in [-0.05, 0) is 41.7 Å². The van der Waals surface area contributed by atoms with Crippen LogP contribution >= 0.6 is 15.9 Å². The lowest BCUT2D eigenvalue weighted by Crippen LogP contribution is -2.24. The van der Waals surface area contributed by atoms with Gasteiger partial charge in [-0.15, -0.1) is 0 Å². The number of hydrogen-bond acceptors (Lipinski definition) is 5. The summed E-state index contributed by atoms with van der Waals surface area (Å²) in [5.74, 6) is 1.17. The summed E-state index contributed by atoms with van der Waals surface area (Å²) in [7, 11) is 1.60. The third-order valence-corrected chi connectivity index (χ3v) is 3.39. The van der Waals surface area contributed by atoms with E-state index in [9.17, 15) is 0 Å². The minimum Gasteiger partial charge on any atom is -0.480 e. The smallest absolute Gasteiger partial charge is 0.232 e. The van der Waals surface area contributed by atoms with Crippen LogP contribution < -0.4 is 15.4 Å². The molecule has 0 saturated carbocycles. The van der Waals surface area contributed by atoms with E-state index in [2.05, 4.69) is 36.5 Å². The van der Waals surface area contributed by atoms with E-state index in [1.165, 1.54) is 12.8 Å². The second kappa shape index (κ2) is 6.16. The molecule has 2 rings (SSSR count).